The molecule has 114 valence electrons. The van der Waals surface area contributed by atoms with Crippen molar-refractivity contribution in [2.45, 2.75) is 34.6 Å². The van der Waals surface area contributed by atoms with Gasteiger partial charge in [-0.3, -0.25) is 0 Å². The fraction of sp³-hybridized carbons (Fsp3) is 0.375. The number of hydrazone groups is 1. The fourth-order valence-corrected chi connectivity index (χ4v) is 2.09. The number of fused-ring (bicyclic) bond motifs is 3. The number of hydrogen-bond acceptors (Lipinski definition) is 5. The second kappa shape index (κ2) is 5.05. The molecule has 0 spiro atoms. The van der Waals surface area contributed by atoms with Crippen molar-refractivity contribution >= 4 is 33.7 Å². The van der Waals surface area contributed by atoms with E-state index >= 15 is 0 Å². The van der Waals surface area contributed by atoms with Crippen LogP contribution in [0.1, 0.15) is 33.3 Å². The maximum absolute atomic E-state index is 4.46. The van der Waals surface area contributed by atoms with E-state index in [9.17, 15) is 0 Å². The van der Waals surface area contributed by atoms with Crippen molar-refractivity contribution in [2.24, 2.45) is 10.5 Å². The SMILES string of the molecule is C/C(=N/Nc1nnc2c(n1)[nH]c1c(C)cccc12)C(C)(C)C. The van der Waals surface area contributed by atoms with Crippen LogP contribution in [0.2, 0.25) is 0 Å². The molecular weight excluding hydrogens is 276 g/mol. The normalized spacial score (nSPS) is 13.0. The Balaban J connectivity index is 2.00. The molecule has 0 atom stereocenters. The lowest BCUT2D eigenvalue weighted by atomic mass is 9.91. The molecule has 3 rings (SSSR count). The van der Waals surface area contributed by atoms with Crippen LogP contribution < -0.4 is 5.43 Å². The highest BCUT2D eigenvalue weighted by Gasteiger charge is 2.15. The first kappa shape index (κ1) is 14.4. The molecule has 2 N–H and O–H groups in total. The molecule has 0 aliphatic rings. The lowest BCUT2D eigenvalue weighted by Crippen LogP contribution is -2.18. The van der Waals surface area contributed by atoms with Gasteiger partial charge in [0.1, 0.15) is 5.52 Å². The monoisotopic (exact) mass is 296 g/mol. The molecule has 2 heterocycles. The third kappa shape index (κ3) is 2.52. The molecule has 6 nitrogen and oxygen atoms in total. The summed E-state index contributed by atoms with van der Waals surface area (Å²) in [5.74, 6) is 0.389. The van der Waals surface area contributed by atoms with Gasteiger partial charge >= 0.3 is 0 Å². The minimum absolute atomic E-state index is 0.00273. The van der Waals surface area contributed by atoms with Gasteiger partial charge in [0.25, 0.3) is 5.95 Å². The van der Waals surface area contributed by atoms with Gasteiger partial charge < -0.3 is 4.98 Å². The number of H-pyrrole nitrogens is 1. The van der Waals surface area contributed by atoms with Gasteiger partial charge in [0.15, 0.2) is 5.65 Å². The number of anilines is 1. The lowest BCUT2D eigenvalue weighted by molar-refractivity contribution is 0.586. The van der Waals surface area contributed by atoms with Gasteiger partial charge in [-0.1, -0.05) is 39.0 Å². The predicted octanol–water partition coefficient (Wildman–Crippen LogP) is 3.65. The Bertz CT molecular complexity index is 869. The summed E-state index contributed by atoms with van der Waals surface area (Å²) in [6.45, 7) is 10.4. The van der Waals surface area contributed by atoms with Crippen LogP contribution in [0, 0.1) is 12.3 Å². The summed E-state index contributed by atoms with van der Waals surface area (Å²) in [4.78, 5) is 7.76. The first-order chi connectivity index (χ1) is 10.4. The molecule has 22 heavy (non-hydrogen) atoms. The van der Waals surface area contributed by atoms with E-state index in [-0.39, 0.29) is 5.41 Å². The van der Waals surface area contributed by atoms with Crippen LogP contribution in [0.5, 0.6) is 0 Å². The van der Waals surface area contributed by atoms with E-state index in [0.29, 0.717) is 11.6 Å². The standard InChI is InChI=1S/C16H20N6/c1-9-7-6-8-11-12(9)17-14-13(11)20-22-15(18-14)21-19-10(2)16(3,4)5/h6-8H,1-5H3,(H2,17,18,21,22)/b19-10-. The van der Waals surface area contributed by atoms with E-state index in [2.05, 4.69) is 64.5 Å². The zero-order chi connectivity index (χ0) is 15.9. The molecule has 0 radical (unpaired) electrons. The summed E-state index contributed by atoms with van der Waals surface area (Å²) < 4.78 is 0. The van der Waals surface area contributed by atoms with Gasteiger partial charge in [-0.15, -0.1) is 10.2 Å². The summed E-state index contributed by atoms with van der Waals surface area (Å²) >= 11 is 0. The molecule has 1 aromatic carbocycles. The molecule has 0 bridgehead atoms. The van der Waals surface area contributed by atoms with Crippen molar-refractivity contribution in [2.75, 3.05) is 5.43 Å². The number of nitrogens with zero attached hydrogens (tertiary/aromatic N) is 4. The van der Waals surface area contributed by atoms with Crippen LogP contribution in [-0.4, -0.2) is 25.9 Å². The Morgan fingerprint density at radius 3 is 2.73 bits per heavy atom. The van der Waals surface area contributed by atoms with Gasteiger partial charge in [-0.25, -0.2) is 5.43 Å². The quantitative estimate of drug-likeness (QED) is 0.559. The van der Waals surface area contributed by atoms with Gasteiger partial charge in [-0.05, 0) is 19.4 Å². The van der Waals surface area contributed by atoms with Crippen molar-refractivity contribution in [3.8, 4) is 0 Å². The number of nitrogens with one attached hydrogen (secondary N) is 2. The van der Waals surface area contributed by atoms with E-state index < -0.39 is 0 Å². The molecule has 0 amide bonds. The third-order valence-corrected chi connectivity index (χ3v) is 3.87. The zero-order valence-corrected chi connectivity index (χ0v) is 13.5. The average molecular weight is 296 g/mol. The highest BCUT2D eigenvalue weighted by Crippen LogP contribution is 2.24. The maximum atomic E-state index is 4.46. The highest BCUT2D eigenvalue weighted by atomic mass is 15.4. The second-order valence-corrected chi connectivity index (χ2v) is 6.51. The lowest BCUT2D eigenvalue weighted by Gasteiger charge is -2.17. The number of benzene rings is 1. The predicted molar refractivity (Wildman–Crippen MR) is 90.1 cm³/mol. The highest BCUT2D eigenvalue weighted by molar-refractivity contribution is 6.04. The summed E-state index contributed by atoms with van der Waals surface area (Å²) in [6.07, 6.45) is 0. The topological polar surface area (TPSA) is 78.8 Å². The fourth-order valence-electron chi connectivity index (χ4n) is 2.09. The Labute approximate surface area is 129 Å². The second-order valence-electron chi connectivity index (χ2n) is 6.51. The van der Waals surface area contributed by atoms with E-state index in [1.807, 2.05) is 19.1 Å². The number of rotatable bonds is 2. The molecule has 0 saturated carbocycles. The van der Waals surface area contributed by atoms with Crippen molar-refractivity contribution in [3.63, 3.8) is 0 Å². The van der Waals surface area contributed by atoms with Crippen LogP contribution in [-0.2, 0) is 0 Å². The summed E-state index contributed by atoms with van der Waals surface area (Å²) in [5, 5.41) is 13.8. The largest absolute Gasteiger partial charge is 0.337 e. The smallest absolute Gasteiger partial charge is 0.265 e. The molecule has 2 aromatic heterocycles. The van der Waals surface area contributed by atoms with Gasteiger partial charge in [0.2, 0.25) is 0 Å². The Morgan fingerprint density at radius 2 is 2.00 bits per heavy atom. The molecule has 0 fully saturated rings. The Kier molecular flexibility index (Phi) is 3.31. The van der Waals surface area contributed by atoms with Crippen molar-refractivity contribution < 1.29 is 0 Å². The molecule has 6 heteroatoms. The Morgan fingerprint density at radius 1 is 1.23 bits per heavy atom. The average Bonchev–Trinajstić information content (AvgIpc) is 2.83. The van der Waals surface area contributed by atoms with Gasteiger partial charge in [0, 0.05) is 16.5 Å². The van der Waals surface area contributed by atoms with Crippen LogP contribution in [0.15, 0.2) is 23.3 Å². The Hall–Kier alpha value is -2.50. The van der Waals surface area contributed by atoms with Crippen LogP contribution in [0.25, 0.3) is 22.1 Å². The number of aromatic amines is 1. The van der Waals surface area contributed by atoms with Gasteiger partial charge in [-0.2, -0.15) is 10.1 Å². The number of para-hydroxylation sites is 1. The number of aryl methyl sites for hydroxylation is 1. The van der Waals surface area contributed by atoms with Crippen LogP contribution in [0.3, 0.4) is 0 Å². The van der Waals surface area contributed by atoms with Crippen molar-refractivity contribution in [1.82, 2.24) is 20.2 Å². The molecule has 0 unspecified atom stereocenters. The first-order valence-corrected chi connectivity index (χ1v) is 7.29. The minimum Gasteiger partial charge on any atom is -0.337 e. The van der Waals surface area contributed by atoms with Crippen LogP contribution in [0.4, 0.5) is 5.95 Å². The van der Waals surface area contributed by atoms with Gasteiger partial charge in [0.05, 0.1) is 5.52 Å². The van der Waals surface area contributed by atoms with Crippen LogP contribution >= 0.6 is 0 Å². The van der Waals surface area contributed by atoms with E-state index in [0.717, 1.165) is 27.7 Å². The maximum Gasteiger partial charge on any atom is 0.265 e. The third-order valence-electron chi connectivity index (χ3n) is 3.87. The van der Waals surface area contributed by atoms with E-state index in [1.165, 1.54) is 0 Å². The number of aromatic nitrogens is 4. The summed E-state index contributed by atoms with van der Waals surface area (Å²) in [6, 6.07) is 6.09. The number of hydrogen-bond donors (Lipinski definition) is 2. The first-order valence-electron chi connectivity index (χ1n) is 7.29. The van der Waals surface area contributed by atoms with Crippen molar-refractivity contribution in [1.29, 1.82) is 0 Å². The summed E-state index contributed by atoms with van der Waals surface area (Å²) in [7, 11) is 0. The molecule has 0 saturated heterocycles. The molecular formula is C16H20N6. The zero-order valence-electron chi connectivity index (χ0n) is 13.5. The summed E-state index contributed by atoms with van der Waals surface area (Å²) in [5.41, 5.74) is 7.56. The van der Waals surface area contributed by atoms with E-state index in [1.54, 1.807) is 0 Å². The molecule has 3 aromatic rings. The van der Waals surface area contributed by atoms with Crippen molar-refractivity contribution in [3.05, 3.63) is 23.8 Å². The molecule has 0 aliphatic carbocycles. The molecule has 0 aliphatic heterocycles. The van der Waals surface area contributed by atoms with E-state index in [4.69, 9.17) is 0 Å². The minimum atomic E-state index is 0.00273.